The van der Waals surface area contributed by atoms with Crippen molar-refractivity contribution in [3.63, 3.8) is 0 Å². The summed E-state index contributed by atoms with van der Waals surface area (Å²) in [6.07, 6.45) is 8.91. The van der Waals surface area contributed by atoms with Crippen LogP contribution in [-0.2, 0) is 6.42 Å². The molecule has 0 radical (unpaired) electrons. The second-order valence-corrected chi connectivity index (χ2v) is 8.34. The van der Waals surface area contributed by atoms with Gasteiger partial charge in [-0.1, -0.05) is 38.7 Å². The molecule has 0 spiro atoms. The van der Waals surface area contributed by atoms with E-state index in [4.69, 9.17) is 9.47 Å². The molecule has 2 aliphatic rings. The molecule has 1 saturated carbocycles. The van der Waals surface area contributed by atoms with Gasteiger partial charge in [0.15, 0.2) is 11.6 Å². The molecule has 4 rings (SSSR count). The molecule has 2 aromatic rings. The Hall–Kier alpha value is -1.84. The molecule has 0 amide bonds. The van der Waals surface area contributed by atoms with Gasteiger partial charge in [-0.05, 0) is 62.0 Å². The van der Waals surface area contributed by atoms with Crippen molar-refractivity contribution in [2.75, 3.05) is 6.61 Å². The lowest BCUT2D eigenvalue weighted by Gasteiger charge is -2.37. The summed E-state index contributed by atoms with van der Waals surface area (Å²) in [5.41, 5.74) is 0.799. The van der Waals surface area contributed by atoms with Crippen molar-refractivity contribution in [3.8, 4) is 11.5 Å². The summed E-state index contributed by atoms with van der Waals surface area (Å²) in [6, 6.07) is 5.25. The molecule has 1 aliphatic carbocycles. The summed E-state index contributed by atoms with van der Waals surface area (Å²) in [5.74, 6) is 0.311. The van der Waals surface area contributed by atoms with Crippen LogP contribution in [0.2, 0.25) is 0 Å². The predicted octanol–water partition coefficient (Wildman–Crippen LogP) is 6.82. The van der Waals surface area contributed by atoms with Gasteiger partial charge < -0.3 is 9.47 Å². The Balaban J connectivity index is 1.59. The number of benzene rings is 2. The van der Waals surface area contributed by atoms with Gasteiger partial charge in [0.25, 0.3) is 0 Å². The van der Waals surface area contributed by atoms with E-state index in [0.717, 1.165) is 42.6 Å². The Morgan fingerprint density at radius 3 is 2.50 bits per heavy atom. The Morgan fingerprint density at radius 2 is 1.79 bits per heavy atom. The van der Waals surface area contributed by atoms with E-state index in [1.54, 1.807) is 6.07 Å². The molecule has 28 heavy (non-hydrogen) atoms. The quantitative estimate of drug-likeness (QED) is 0.560. The Bertz CT molecular complexity index is 840. The fourth-order valence-electron chi connectivity index (χ4n) is 5.15. The topological polar surface area (TPSA) is 18.5 Å². The van der Waals surface area contributed by atoms with Gasteiger partial charge in [-0.2, -0.15) is 4.39 Å². The molecule has 0 bridgehead atoms. The van der Waals surface area contributed by atoms with Gasteiger partial charge in [-0.25, -0.2) is 4.39 Å². The van der Waals surface area contributed by atoms with Gasteiger partial charge in [-0.15, -0.1) is 0 Å². The highest BCUT2D eigenvalue weighted by atomic mass is 19.2. The van der Waals surface area contributed by atoms with Crippen molar-refractivity contribution in [3.05, 3.63) is 35.4 Å². The number of fused-ring (bicyclic) bond motifs is 3. The maximum atomic E-state index is 14.9. The summed E-state index contributed by atoms with van der Waals surface area (Å²) < 4.78 is 41.3. The van der Waals surface area contributed by atoms with Crippen LogP contribution in [0.1, 0.15) is 64.4 Å². The number of ether oxygens (including phenoxy) is 2. The molecular formula is C24H30F2O2. The average molecular weight is 388 g/mol. The minimum Gasteiger partial charge on any atom is -0.494 e. The van der Waals surface area contributed by atoms with Crippen LogP contribution in [0.3, 0.4) is 0 Å². The first kappa shape index (κ1) is 19.5. The van der Waals surface area contributed by atoms with Crippen molar-refractivity contribution in [2.24, 2.45) is 11.8 Å². The summed E-state index contributed by atoms with van der Waals surface area (Å²) in [7, 11) is 0. The Labute approximate surface area is 166 Å². The zero-order valence-electron chi connectivity index (χ0n) is 16.9. The second-order valence-electron chi connectivity index (χ2n) is 8.34. The molecule has 1 unspecified atom stereocenters. The number of halogens is 2. The molecular weight excluding hydrogens is 358 g/mol. The Morgan fingerprint density at radius 1 is 1.00 bits per heavy atom. The third-order valence-electron chi connectivity index (χ3n) is 6.59. The van der Waals surface area contributed by atoms with Crippen molar-refractivity contribution >= 4 is 10.8 Å². The predicted molar refractivity (Wildman–Crippen MR) is 108 cm³/mol. The minimum absolute atomic E-state index is 0.00382. The molecule has 2 nitrogen and oxygen atoms in total. The zero-order chi connectivity index (χ0) is 19.7. The smallest absolute Gasteiger partial charge is 0.201 e. The van der Waals surface area contributed by atoms with E-state index in [9.17, 15) is 8.78 Å². The fraction of sp³-hybridized carbons (Fsp3) is 0.583. The first-order valence-electron chi connectivity index (χ1n) is 10.8. The zero-order valence-corrected chi connectivity index (χ0v) is 16.9. The van der Waals surface area contributed by atoms with Gasteiger partial charge >= 0.3 is 0 Å². The van der Waals surface area contributed by atoms with E-state index >= 15 is 0 Å². The first-order chi connectivity index (χ1) is 13.6. The van der Waals surface area contributed by atoms with E-state index in [2.05, 4.69) is 6.92 Å². The van der Waals surface area contributed by atoms with Crippen LogP contribution in [0, 0.1) is 23.5 Å². The third kappa shape index (κ3) is 3.58. The Kier molecular flexibility index (Phi) is 5.75. The number of hydrogen-bond acceptors (Lipinski definition) is 2. The maximum Gasteiger partial charge on any atom is 0.201 e. The highest BCUT2D eigenvalue weighted by Crippen LogP contribution is 2.43. The maximum absolute atomic E-state index is 14.9. The largest absolute Gasteiger partial charge is 0.494 e. The molecule has 0 saturated heterocycles. The molecule has 2 aromatic carbocycles. The lowest BCUT2D eigenvalue weighted by atomic mass is 9.76. The highest BCUT2D eigenvalue weighted by Gasteiger charge is 2.34. The molecule has 1 heterocycles. The van der Waals surface area contributed by atoms with E-state index < -0.39 is 11.6 Å². The van der Waals surface area contributed by atoms with Gasteiger partial charge in [0, 0.05) is 10.9 Å². The standard InChI is InChI=1S/C24H30F2O2/c1-3-5-15-6-8-16(9-7-15)21-13-12-19-18-11-10-17(27-4-2)14-20(18)22(25)23(26)24(19)28-21/h10-11,14-16,21H,3-9,12-13H2,1-2H3. The summed E-state index contributed by atoms with van der Waals surface area (Å²) in [4.78, 5) is 0. The lowest BCUT2D eigenvalue weighted by Crippen LogP contribution is -2.34. The summed E-state index contributed by atoms with van der Waals surface area (Å²) >= 11 is 0. The number of rotatable bonds is 5. The lowest BCUT2D eigenvalue weighted by molar-refractivity contribution is 0.0716. The molecule has 0 N–H and O–H groups in total. The number of aryl methyl sites for hydroxylation is 1. The first-order valence-corrected chi connectivity index (χ1v) is 10.8. The van der Waals surface area contributed by atoms with Crippen LogP contribution >= 0.6 is 0 Å². The van der Waals surface area contributed by atoms with Crippen molar-refractivity contribution in [1.82, 2.24) is 0 Å². The van der Waals surface area contributed by atoms with Crippen LogP contribution in [0.5, 0.6) is 11.5 Å². The molecule has 1 fully saturated rings. The molecule has 4 heteroatoms. The molecule has 0 aromatic heterocycles. The van der Waals surface area contributed by atoms with Crippen LogP contribution in [-0.4, -0.2) is 12.7 Å². The van der Waals surface area contributed by atoms with E-state index in [1.807, 2.05) is 19.1 Å². The van der Waals surface area contributed by atoms with Gasteiger partial charge in [0.2, 0.25) is 5.82 Å². The molecule has 1 atom stereocenters. The van der Waals surface area contributed by atoms with Gasteiger partial charge in [-0.3, -0.25) is 0 Å². The summed E-state index contributed by atoms with van der Waals surface area (Å²) in [6.45, 7) is 4.61. The molecule has 152 valence electrons. The second kappa shape index (κ2) is 8.26. The van der Waals surface area contributed by atoms with E-state index in [-0.39, 0.29) is 17.2 Å². The monoisotopic (exact) mass is 388 g/mol. The number of hydrogen-bond donors (Lipinski definition) is 0. The third-order valence-corrected chi connectivity index (χ3v) is 6.59. The average Bonchev–Trinajstić information content (AvgIpc) is 2.73. The normalized spacial score (nSPS) is 24.6. The van der Waals surface area contributed by atoms with Crippen LogP contribution in [0.25, 0.3) is 10.8 Å². The van der Waals surface area contributed by atoms with Crippen LogP contribution in [0.15, 0.2) is 18.2 Å². The van der Waals surface area contributed by atoms with E-state index in [0.29, 0.717) is 18.3 Å². The fourth-order valence-corrected chi connectivity index (χ4v) is 5.15. The molecule has 1 aliphatic heterocycles. The SMILES string of the molecule is CCCC1CCC(C2CCc3c(c(F)c(F)c4cc(OCC)ccc34)O2)CC1. The highest BCUT2D eigenvalue weighted by molar-refractivity contribution is 5.90. The van der Waals surface area contributed by atoms with E-state index in [1.165, 1.54) is 25.7 Å². The van der Waals surface area contributed by atoms with Gasteiger partial charge in [0.05, 0.1) is 6.61 Å². The van der Waals surface area contributed by atoms with Gasteiger partial charge in [0.1, 0.15) is 11.9 Å². The van der Waals surface area contributed by atoms with Crippen molar-refractivity contribution < 1.29 is 18.3 Å². The minimum atomic E-state index is -0.847. The van der Waals surface area contributed by atoms with Crippen molar-refractivity contribution in [1.29, 1.82) is 0 Å². The summed E-state index contributed by atoms with van der Waals surface area (Å²) in [5, 5.41) is 1.02. The van der Waals surface area contributed by atoms with Crippen LogP contribution < -0.4 is 9.47 Å². The van der Waals surface area contributed by atoms with Crippen molar-refractivity contribution in [2.45, 2.75) is 71.3 Å². The van der Waals surface area contributed by atoms with Crippen LogP contribution in [0.4, 0.5) is 8.78 Å².